The molecule has 2 fully saturated rings. The van der Waals surface area contributed by atoms with Crippen LogP contribution in [0, 0.1) is 5.92 Å². The maximum absolute atomic E-state index is 5.78. The van der Waals surface area contributed by atoms with Crippen LogP contribution in [-0.2, 0) is 4.74 Å². The van der Waals surface area contributed by atoms with E-state index in [1.54, 1.807) is 0 Å². The van der Waals surface area contributed by atoms with Crippen LogP contribution in [-0.4, -0.2) is 43.8 Å². The average molecular weight is 212 g/mol. The largest absolute Gasteiger partial charge is 0.378 e. The van der Waals surface area contributed by atoms with Gasteiger partial charge in [-0.1, -0.05) is 0 Å². The van der Waals surface area contributed by atoms with Crippen LogP contribution in [0.4, 0.5) is 0 Å². The highest BCUT2D eigenvalue weighted by Gasteiger charge is 2.26. The molecule has 2 N–H and O–H groups in total. The van der Waals surface area contributed by atoms with Crippen molar-refractivity contribution in [3.8, 4) is 0 Å². The summed E-state index contributed by atoms with van der Waals surface area (Å²) in [5.74, 6) is 0.856. The molecule has 0 amide bonds. The minimum atomic E-state index is 0.488. The van der Waals surface area contributed by atoms with Gasteiger partial charge in [0.2, 0.25) is 0 Å². The van der Waals surface area contributed by atoms with E-state index in [-0.39, 0.29) is 0 Å². The van der Waals surface area contributed by atoms with E-state index in [1.807, 2.05) is 0 Å². The second-order valence-corrected chi connectivity index (χ2v) is 5.28. The summed E-state index contributed by atoms with van der Waals surface area (Å²) < 4.78 is 5.62. The molecule has 2 aliphatic rings. The fraction of sp³-hybridized carbons (Fsp3) is 1.00. The normalized spacial score (nSPS) is 35.8. The van der Waals surface area contributed by atoms with E-state index >= 15 is 0 Å². The predicted molar refractivity (Wildman–Crippen MR) is 61.8 cm³/mol. The van der Waals surface area contributed by atoms with Crippen LogP contribution >= 0.6 is 0 Å². The van der Waals surface area contributed by atoms with Crippen LogP contribution < -0.4 is 5.73 Å². The smallest absolute Gasteiger partial charge is 0.0588 e. The van der Waals surface area contributed by atoms with Gasteiger partial charge in [0.15, 0.2) is 0 Å². The Morgan fingerprint density at radius 1 is 1.40 bits per heavy atom. The fourth-order valence-electron chi connectivity index (χ4n) is 2.70. The monoisotopic (exact) mass is 212 g/mol. The van der Waals surface area contributed by atoms with Gasteiger partial charge in [-0.05, 0) is 45.1 Å². The minimum absolute atomic E-state index is 0.488. The Morgan fingerprint density at radius 3 is 2.80 bits per heavy atom. The zero-order chi connectivity index (χ0) is 10.7. The van der Waals surface area contributed by atoms with Crippen LogP contribution in [0.15, 0.2) is 0 Å². The van der Waals surface area contributed by atoms with Gasteiger partial charge in [-0.2, -0.15) is 0 Å². The topological polar surface area (TPSA) is 38.5 Å². The van der Waals surface area contributed by atoms with Crippen molar-refractivity contribution in [1.29, 1.82) is 0 Å². The van der Waals surface area contributed by atoms with Gasteiger partial charge < -0.3 is 15.4 Å². The highest BCUT2D eigenvalue weighted by molar-refractivity contribution is 4.83. The number of rotatable bonds is 5. The van der Waals surface area contributed by atoms with E-state index in [1.165, 1.54) is 45.2 Å². The van der Waals surface area contributed by atoms with Crippen LogP contribution in [0.2, 0.25) is 0 Å². The molecule has 88 valence electrons. The summed E-state index contributed by atoms with van der Waals surface area (Å²) in [4.78, 5) is 2.44. The molecule has 0 aromatic rings. The van der Waals surface area contributed by atoms with Crippen molar-refractivity contribution in [2.45, 2.75) is 44.2 Å². The lowest BCUT2D eigenvalue weighted by molar-refractivity contribution is 0.0895. The molecule has 1 aliphatic heterocycles. The van der Waals surface area contributed by atoms with Crippen LogP contribution in [0.25, 0.3) is 0 Å². The van der Waals surface area contributed by atoms with Crippen molar-refractivity contribution in [3.63, 3.8) is 0 Å². The molecular weight excluding hydrogens is 188 g/mol. The summed E-state index contributed by atoms with van der Waals surface area (Å²) in [5.41, 5.74) is 5.78. The molecule has 0 radical (unpaired) electrons. The van der Waals surface area contributed by atoms with Gasteiger partial charge in [-0.25, -0.2) is 0 Å². The molecule has 2 rings (SSSR count). The van der Waals surface area contributed by atoms with E-state index < -0.39 is 0 Å². The summed E-state index contributed by atoms with van der Waals surface area (Å²) >= 11 is 0. The molecule has 1 saturated carbocycles. The second-order valence-electron chi connectivity index (χ2n) is 5.28. The van der Waals surface area contributed by atoms with Gasteiger partial charge in [0, 0.05) is 25.7 Å². The standard InChI is InChI=1S/C12H24N2O/c1-14(9-10-7-11(13)8-10)5-4-12-3-2-6-15-12/h10-12H,2-9,13H2,1H3. The Morgan fingerprint density at radius 2 is 2.20 bits per heavy atom. The van der Waals surface area contributed by atoms with Gasteiger partial charge >= 0.3 is 0 Å². The van der Waals surface area contributed by atoms with Gasteiger partial charge in [-0.3, -0.25) is 0 Å². The highest BCUT2D eigenvalue weighted by Crippen LogP contribution is 2.26. The molecular formula is C12H24N2O. The summed E-state index contributed by atoms with van der Waals surface area (Å²) in [7, 11) is 2.22. The van der Waals surface area contributed by atoms with Gasteiger partial charge in [-0.15, -0.1) is 0 Å². The van der Waals surface area contributed by atoms with Crippen LogP contribution in [0.1, 0.15) is 32.1 Å². The quantitative estimate of drug-likeness (QED) is 0.745. The third-order valence-electron chi connectivity index (χ3n) is 3.70. The van der Waals surface area contributed by atoms with Crippen molar-refractivity contribution in [2.24, 2.45) is 11.7 Å². The van der Waals surface area contributed by atoms with Crippen molar-refractivity contribution >= 4 is 0 Å². The van der Waals surface area contributed by atoms with Gasteiger partial charge in [0.1, 0.15) is 0 Å². The molecule has 1 atom stereocenters. The molecule has 0 aromatic heterocycles. The lowest BCUT2D eigenvalue weighted by Crippen LogP contribution is -2.42. The molecule has 1 saturated heterocycles. The lowest BCUT2D eigenvalue weighted by Gasteiger charge is -2.35. The Bertz CT molecular complexity index is 186. The van der Waals surface area contributed by atoms with Crippen molar-refractivity contribution in [3.05, 3.63) is 0 Å². The molecule has 1 aliphatic carbocycles. The first-order chi connectivity index (χ1) is 7.24. The number of ether oxygens (including phenoxy) is 1. The maximum atomic E-state index is 5.78. The van der Waals surface area contributed by atoms with E-state index in [0.29, 0.717) is 12.1 Å². The van der Waals surface area contributed by atoms with Crippen molar-refractivity contribution < 1.29 is 4.74 Å². The minimum Gasteiger partial charge on any atom is -0.378 e. The van der Waals surface area contributed by atoms with Gasteiger partial charge in [0.25, 0.3) is 0 Å². The number of nitrogens with zero attached hydrogens (tertiary/aromatic N) is 1. The summed E-state index contributed by atoms with van der Waals surface area (Å²) in [6.45, 7) is 3.38. The summed E-state index contributed by atoms with van der Waals surface area (Å²) in [6.07, 6.45) is 6.72. The lowest BCUT2D eigenvalue weighted by atomic mass is 9.80. The van der Waals surface area contributed by atoms with E-state index in [0.717, 1.165) is 12.5 Å². The zero-order valence-corrected chi connectivity index (χ0v) is 9.82. The van der Waals surface area contributed by atoms with E-state index in [2.05, 4.69) is 11.9 Å². The molecule has 0 spiro atoms. The Labute approximate surface area is 93.0 Å². The molecule has 3 heteroatoms. The van der Waals surface area contributed by atoms with Crippen molar-refractivity contribution in [2.75, 3.05) is 26.7 Å². The number of nitrogens with two attached hydrogens (primary N) is 1. The molecule has 0 bridgehead atoms. The molecule has 1 heterocycles. The van der Waals surface area contributed by atoms with Crippen LogP contribution in [0.3, 0.4) is 0 Å². The van der Waals surface area contributed by atoms with Gasteiger partial charge in [0.05, 0.1) is 6.10 Å². The Kier molecular flexibility index (Phi) is 4.00. The SMILES string of the molecule is CN(CCC1CCCO1)CC1CC(N)C1. The van der Waals surface area contributed by atoms with Crippen molar-refractivity contribution in [1.82, 2.24) is 4.90 Å². The summed E-state index contributed by atoms with van der Waals surface area (Å²) in [5, 5.41) is 0. The highest BCUT2D eigenvalue weighted by atomic mass is 16.5. The second kappa shape index (κ2) is 5.28. The first-order valence-corrected chi connectivity index (χ1v) is 6.30. The Hall–Kier alpha value is -0.120. The first-order valence-electron chi connectivity index (χ1n) is 6.30. The average Bonchev–Trinajstić information content (AvgIpc) is 2.65. The van der Waals surface area contributed by atoms with E-state index in [4.69, 9.17) is 10.5 Å². The van der Waals surface area contributed by atoms with E-state index in [9.17, 15) is 0 Å². The first kappa shape index (κ1) is 11.4. The maximum Gasteiger partial charge on any atom is 0.0588 e. The molecule has 15 heavy (non-hydrogen) atoms. The Balaban J connectivity index is 1.54. The number of hydrogen-bond donors (Lipinski definition) is 1. The molecule has 1 unspecified atom stereocenters. The van der Waals surface area contributed by atoms with Crippen LogP contribution in [0.5, 0.6) is 0 Å². The zero-order valence-electron chi connectivity index (χ0n) is 9.82. The predicted octanol–water partition coefficient (Wildman–Crippen LogP) is 1.22. The molecule has 0 aromatic carbocycles. The molecule has 3 nitrogen and oxygen atoms in total. The third-order valence-corrected chi connectivity index (χ3v) is 3.70. The third kappa shape index (κ3) is 3.44. The fourth-order valence-corrected chi connectivity index (χ4v) is 2.70. The number of hydrogen-bond acceptors (Lipinski definition) is 3. The summed E-state index contributed by atoms with van der Waals surface area (Å²) in [6, 6.07) is 0.488.